The summed E-state index contributed by atoms with van der Waals surface area (Å²) in [6.45, 7) is 3.04. The van der Waals surface area contributed by atoms with Crippen LogP contribution in [-0.4, -0.2) is 47.1 Å². The highest BCUT2D eigenvalue weighted by Crippen LogP contribution is 2.25. The molecule has 0 aromatic heterocycles. The van der Waals surface area contributed by atoms with Gasteiger partial charge in [-0.25, -0.2) is 0 Å². The third kappa shape index (κ3) is 3.45. The maximum atomic E-state index is 11.7. The Morgan fingerprint density at radius 3 is 2.61 bits per heavy atom. The zero-order valence-corrected chi connectivity index (χ0v) is 10.9. The maximum Gasteiger partial charge on any atom is 0.320 e. The molecule has 0 spiro atoms. The first-order chi connectivity index (χ1) is 8.60. The average Bonchev–Trinajstić information content (AvgIpc) is 3.13. The number of nitrogens with zero attached hydrogens (tertiary/aromatic N) is 1. The molecule has 1 heterocycles. The number of carboxylic acid groups (broad SMARTS) is 1. The van der Waals surface area contributed by atoms with E-state index in [9.17, 15) is 14.7 Å². The number of amides is 1. The van der Waals surface area contributed by atoms with E-state index in [4.69, 9.17) is 0 Å². The van der Waals surface area contributed by atoms with E-state index in [1.54, 1.807) is 0 Å². The lowest BCUT2D eigenvalue weighted by Gasteiger charge is -2.36. The molecule has 1 aliphatic heterocycles. The molecule has 1 aliphatic carbocycles. The van der Waals surface area contributed by atoms with E-state index >= 15 is 0 Å². The Hall–Kier alpha value is -1.10. The molecule has 2 unspecified atom stereocenters. The van der Waals surface area contributed by atoms with Gasteiger partial charge in [0, 0.05) is 6.04 Å². The molecular formula is C13H22N2O3. The van der Waals surface area contributed by atoms with Gasteiger partial charge in [0.05, 0.1) is 6.54 Å². The van der Waals surface area contributed by atoms with Crippen LogP contribution < -0.4 is 5.32 Å². The van der Waals surface area contributed by atoms with Gasteiger partial charge < -0.3 is 10.4 Å². The third-order valence-corrected chi connectivity index (χ3v) is 3.97. The van der Waals surface area contributed by atoms with Gasteiger partial charge in [0.25, 0.3) is 0 Å². The standard InChI is InChI=1S/C13H22N2O3/c1-2-9-5-6-15(11(7-9)13(17)18)8-12(16)14-10-3-4-10/h9-11H,2-8H2,1H3,(H,14,16)(H,17,18). The number of carboxylic acids is 1. The zero-order chi connectivity index (χ0) is 13.1. The predicted octanol–water partition coefficient (Wildman–Crippen LogP) is 0.840. The highest BCUT2D eigenvalue weighted by molar-refractivity contribution is 5.80. The van der Waals surface area contributed by atoms with Crippen LogP contribution in [0, 0.1) is 5.92 Å². The van der Waals surface area contributed by atoms with Crippen molar-refractivity contribution in [2.75, 3.05) is 13.1 Å². The molecule has 1 saturated carbocycles. The van der Waals surface area contributed by atoms with Crippen molar-refractivity contribution in [1.29, 1.82) is 0 Å². The molecule has 1 amide bonds. The summed E-state index contributed by atoms with van der Waals surface area (Å²) >= 11 is 0. The number of nitrogens with one attached hydrogen (secondary N) is 1. The molecular weight excluding hydrogens is 232 g/mol. The van der Waals surface area contributed by atoms with Crippen LogP contribution in [0.1, 0.15) is 39.0 Å². The van der Waals surface area contributed by atoms with Crippen molar-refractivity contribution in [3.05, 3.63) is 0 Å². The van der Waals surface area contributed by atoms with E-state index in [2.05, 4.69) is 12.2 Å². The second-order valence-corrected chi connectivity index (χ2v) is 5.46. The minimum atomic E-state index is -0.799. The first kappa shape index (κ1) is 13.3. The minimum absolute atomic E-state index is 0.0290. The second-order valence-electron chi connectivity index (χ2n) is 5.46. The van der Waals surface area contributed by atoms with E-state index in [0.717, 1.165) is 25.7 Å². The average molecular weight is 254 g/mol. The lowest BCUT2D eigenvalue weighted by Crippen LogP contribution is -2.51. The summed E-state index contributed by atoms with van der Waals surface area (Å²) in [4.78, 5) is 24.8. The van der Waals surface area contributed by atoms with Gasteiger partial charge in [-0.15, -0.1) is 0 Å². The Morgan fingerprint density at radius 2 is 2.06 bits per heavy atom. The normalized spacial score (nSPS) is 28.9. The Labute approximate surface area is 108 Å². The van der Waals surface area contributed by atoms with Gasteiger partial charge in [-0.2, -0.15) is 0 Å². The lowest BCUT2D eigenvalue weighted by atomic mass is 9.89. The number of hydrogen-bond donors (Lipinski definition) is 2. The Kier molecular flexibility index (Phi) is 4.22. The van der Waals surface area contributed by atoms with Gasteiger partial charge in [-0.05, 0) is 38.1 Å². The smallest absolute Gasteiger partial charge is 0.320 e. The van der Waals surface area contributed by atoms with Crippen molar-refractivity contribution in [1.82, 2.24) is 10.2 Å². The summed E-state index contributed by atoms with van der Waals surface area (Å²) in [5.74, 6) is -0.347. The fraction of sp³-hybridized carbons (Fsp3) is 0.846. The van der Waals surface area contributed by atoms with E-state index in [1.807, 2.05) is 4.90 Å². The van der Waals surface area contributed by atoms with Crippen LogP contribution >= 0.6 is 0 Å². The van der Waals surface area contributed by atoms with E-state index in [0.29, 0.717) is 24.9 Å². The molecule has 0 radical (unpaired) electrons. The van der Waals surface area contributed by atoms with Crippen LogP contribution in [-0.2, 0) is 9.59 Å². The number of aliphatic carboxylic acids is 1. The Morgan fingerprint density at radius 1 is 1.33 bits per heavy atom. The number of hydrogen-bond acceptors (Lipinski definition) is 3. The number of likely N-dealkylation sites (tertiary alicyclic amines) is 1. The summed E-state index contributed by atoms with van der Waals surface area (Å²) in [7, 11) is 0. The van der Waals surface area contributed by atoms with Gasteiger partial charge in [-0.1, -0.05) is 13.3 Å². The van der Waals surface area contributed by atoms with Gasteiger partial charge in [0.2, 0.25) is 5.91 Å². The number of piperidine rings is 1. The summed E-state index contributed by atoms with van der Waals surface area (Å²) in [6.07, 6.45) is 4.81. The van der Waals surface area contributed by atoms with Crippen LogP contribution in [0.3, 0.4) is 0 Å². The molecule has 2 N–H and O–H groups in total. The van der Waals surface area contributed by atoms with Gasteiger partial charge in [0.15, 0.2) is 0 Å². The first-order valence-corrected chi connectivity index (χ1v) is 6.86. The van der Waals surface area contributed by atoms with E-state index < -0.39 is 12.0 Å². The molecule has 102 valence electrons. The van der Waals surface area contributed by atoms with Crippen molar-refractivity contribution in [3.63, 3.8) is 0 Å². The van der Waals surface area contributed by atoms with E-state index in [1.165, 1.54) is 0 Å². The predicted molar refractivity (Wildman–Crippen MR) is 67.2 cm³/mol. The van der Waals surface area contributed by atoms with Gasteiger partial charge in [-0.3, -0.25) is 14.5 Å². The molecule has 5 heteroatoms. The molecule has 5 nitrogen and oxygen atoms in total. The van der Waals surface area contributed by atoms with Crippen LogP contribution in [0.5, 0.6) is 0 Å². The molecule has 0 bridgehead atoms. The number of carbonyl (C=O) groups is 2. The molecule has 2 rings (SSSR count). The van der Waals surface area contributed by atoms with Crippen LogP contribution in [0.15, 0.2) is 0 Å². The van der Waals surface area contributed by atoms with Crippen molar-refractivity contribution in [2.24, 2.45) is 5.92 Å². The molecule has 1 saturated heterocycles. The van der Waals surface area contributed by atoms with Crippen molar-refractivity contribution in [2.45, 2.75) is 51.1 Å². The third-order valence-electron chi connectivity index (χ3n) is 3.97. The maximum absolute atomic E-state index is 11.7. The molecule has 2 fully saturated rings. The second kappa shape index (κ2) is 5.69. The van der Waals surface area contributed by atoms with Crippen LogP contribution in [0.25, 0.3) is 0 Å². The zero-order valence-electron chi connectivity index (χ0n) is 10.9. The monoisotopic (exact) mass is 254 g/mol. The summed E-state index contributed by atoms with van der Waals surface area (Å²) in [5.41, 5.74) is 0. The summed E-state index contributed by atoms with van der Waals surface area (Å²) < 4.78 is 0. The summed E-state index contributed by atoms with van der Waals surface area (Å²) in [6, 6.07) is -0.150. The number of carbonyl (C=O) groups excluding carboxylic acids is 1. The fourth-order valence-electron chi connectivity index (χ4n) is 2.59. The Bertz CT molecular complexity index is 328. The quantitative estimate of drug-likeness (QED) is 0.763. The minimum Gasteiger partial charge on any atom is -0.480 e. The van der Waals surface area contributed by atoms with Crippen LogP contribution in [0.4, 0.5) is 0 Å². The molecule has 0 aromatic rings. The first-order valence-electron chi connectivity index (χ1n) is 6.86. The SMILES string of the molecule is CCC1CCN(CC(=O)NC2CC2)C(C(=O)O)C1. The van der Waals surface area contributed by atoms with E-state index in [-0.39, 0.29) is 12.5 Å². The molecule has 0 aromatic carbocycles. The lowest BCUT2D eigenvalue weighted by molar-refractivity contribution is -0.146. The van der Waals surface area contributed by atoms with Gasteiger partial charge in [0.1, 0.15) is 6.04 Å². The van der Waals surface area contributed by atoms with Crippen molar-refractivity contribution < 1.29 is 14.7 Å². The summed E-state index contributed by atoms with van der Waals surface area (Å²) in [5, 5.41) is 12.2. The number of rotatable bonds is 5. The highest BCUT2D eigenvalue weighted by atomic mass is 16.4. The molecule has 2 aliphatic rings. The Balaban J connectivity index is 1.88. The van der Waals surface area contributed by atoms with Gasteiger partial charge >= 0.3 is 5.97 Å². The fourth-order valence-corrected chi connectivity index (χ4v) is 2.59. The van der Waals surface area contributed by atoms with Crippen molar-refractivity contribution >= 4 is 11.9 Å². The highest BCUT2D eigenvalue weighted by Gasteiger charge is 2.34. The van der Waals surface area contributed by atoms with Crippen LogP contribution in [0.2, 0.25) is 0 Å². The van der Waals surface area contributed by atoms with Crippen molar-refractivity contribution in [3.8, 4) is 0 Å². The molecule has 18 heavy (non-hydrogen) atoms. The topological polar surface area (TPSA) is 69.6 Å². The molecule has 2 atom stereocenters. The largest absolute Gasteiger partial charge is 0.480 e.